The first-order valence-electron chi connectivity index (χ1n) is 5.59. The molecule has 2 fully saturated rings. The van der Waals surface area contributed by atoms with E-state index >= 15 is 0 Å². The maximum atomic E-state index is 11.8. The first kappa shape index (κ1) is 10.4. The van der Waals surface area contributed by atoms with Gasteiger partial charge in [-0.3, -0.25) is 9.69 Å². The quantitative estimate of drug-likeness (QED) is 0.620. The summed E-state index contributed by atoms with van der Waals surface area (Å²) in [5.41, 5.74) is 0. The van der Waals surface area contributed by atoms with Crippen molar-refractivity contribution >= 4 is 5.91 Å². The molecule has 2 saturated carbocycles. The summed E-state index contributed by atoms with van der Waals surface area (Å²) < 4.78 is 0. The number of carbonyl (C=O) groups excluding carboxylic acids is 1. The molecular formula is C11H17N3O. The molecule has 0 aromatic carbocycles. The van der Waals surface area contributed by atoms with Crippen molar-refractivity contribution in [1.29, 1.82) is 5.26 Å². The molecule has 0 aromatic heterocycles. The number of hydrogen-bond acceptors (Lipinski definition) is 3. The molecule has 2 aliphatic rings. The summed E-state index contributed by atoms with van der Waals surface area (Å²) >= 11 is 0. The fourth-order valence-corrected chi connectivity index (χ4v) is 1.80. The molecule has 15 heavy (non-hydrogen) atoms. The van der Waals surface area contributed by atoms with Crippen LogP contribution in [0, 0.1) is 11.3 Å². The van der Waals surface area contributed by atoms with Gasteiger partial charge in [0.05, 0.1) is 19.2 Å². The highest BCUT2D eigenvalue weighted by atomic mass is 16.2. The Hall–Kier alpha value is -1.08. The van der Waals surface area contributed by atoms with E-state index in [-0.39, 0.29) is 5.91 Å². The Kier molecular flexibility index (Phi) is 2.92. The molecule has 0 aliphatic heterocycles. The number of rotatable bonds is 5. The zero-order chi connectivity index (χ0) is 10.8. The molecule has 1 amide bonds. The fourth-order valence-electron chi connectivity index (χ4n) is 1.80. The Labute approximate surface area is 90.5 Å². The molecule has 0 saturated heterocycles. The predicted molar refractivity (Wildman–Crippen MR) is 56.0 cm³/mol. The maximum absolute atomic E-state index is 11.8. The Morgan fingerprint density at radius 3 is 2.40 bits per heavy atom. The van der Waals surface area contributed by atoms with Crippen LogP contribution in [0.4, 0.5) is 0 Å². The molecule has 0 N–H and O–H groups in total. The summed E-state index contributed by atoms with van der Waals surface area (Å²) in [6, 6.07) is 3.09. The SMILES string of the molecule is CN(C(=O)CN(CC#N)C1CC1)C1CC1. The van der Waals surface area contributed by atoms with Gasteiger partial charge in [0.2, 0.25) is 5.91 Å². The molecule has 4 nitrogen and oxygen atoms in total. The molecule has 0 heterocycles. The van der Waals surface area contributed by atoms with Gasteiger partial charge in [-0.15, -0.1) is 0 Å². The van der Waals surface area contributed by atoms with Crippen molar-refractivity contribution in [3.63, 3.8) is 0 Å². The van der Waals surface area contributed by atoms with Crippen LogP contribution in [0.2, 0.25) is 0 Å². The topological polar surface area (TPSA) is 47.3 Å². The fraction of sp³-hybridized carbons (Fsp3) is 0.818. The van der Waals surface area contributed by atoms with Gasteiger partial charge in [-0.1, -0.05) is 0 Å². The van der Waals surface area contributed by atoms with Crippen molar-refractivity contribution in [2.45, 2.75) is 37.8 Å². The highest BCUT2D eigenvalue weighted by Gasteiger charge is 2.34. The summed E-state index contributed by atoms with van der Waals surface area (Å²) in [4.78, 5) is 15.7. The number of carbonyl (C=O) groups is 1. The molecule has 2 rings (SSSR count). The van der Waals surface area contributed by atoms with E-state index in [0.717, 1.165) is 25.7 Å². The van der Waals surface area contributed by atoms with E-state index in [1.165, 1.54) is 0 Å². The van der Waals surface area contributed by atoms with E-state index < -0.39 is 0 Å². The molecule has 2 aliphatic carbocycles. The smallest absolute Gasteiger partial charge is 0.236 e. The molecular weight excluding hydrogens is 190 g/mol. The Morgan fingerprint density at radius 2 is 1.93 bits per heavy atom. The van der Waals surface area contributed by atoms with Gasteiger partial charge in [-0.25, -0.2) is 0 Å². The van der Waals surface area contributed by atoms with Crippen LogP contribution in [0.1, 0.15) is 25.7 Å². The number of hydrogen-bond donors (Lipinski definition) is 0. The van der Waals surface area contributed by atoms with Gasteiger partial charge in [0.1, 0.15) is 0 Å². The van der Waals surface area contributed by atoms with Gasteiger partial charge in [-0.2, -0.15) is 5.26 Å². The second kappa shape index (κ2) is 4.19. The van der Waals surface area contributed by atoms with Crippen molar-refractivity contribution in [2.75, 3.05) is 20.1 Å². The van der Waals surface area contributed by atoms with Crippen LogP contribution in [-0.4, -0.2) is 47.9 Å². The normalized spacial score (nSPS) is 20.1. The van der Waals surface area contributed by atoms with Gasteiger partial charge in [0.25, 0.3) is 0 Å². The Balaban J connectivity index is 1.82. The maximum Gasteiger partial charge on any atom is 0.236 e. The molecule has 0 unspecified atom stereocenters. The Morgan fingerprint density at radius 1 is 1.33 bits per heavy atom. The van der Waals surface area contributed by atoms with E-state index in [9.17, 15) is 4.79 Å². The van der Waals surface area contributed by atoms with E-state index in [0.29, 0.717) is 25.2 Å². The van der Waals surface area contributed by atoms with E-state index in [1.807, 2.05) is 16.8 Å². The monoisotopic (exact) mass is 207 g/mol. The van der Waals surface area contributed by atoms with Crippen molar-refractivity contribution in [2.24, 2.45) is 0 Å². The third-order valence-corrected chi connectivity index (χ3v) is 3.16. The van der Waals surface area contributed by atoms with Gasteiger partial charge in [-0.05, 0) is 25.7 Å². The van der Waals surface area contributed by atoms with Gasteiger partial charge >= 0.3 is 0 Å². The molecule has 0 aromatic rings. The second-order valence-electron chi connectivity index (χ2n) is 4.53. The third-order valence-electron chi connectivity index (χ3n) is 3.16. The van der Waals surface area contributed by atoms with Crippen LogP contribution in [0.3, 0.4) is 0 Å². The van der Waals surface area contributed by atoms with Gasteiger partial charge in [0.15, 0.2) is 0 Å². The van der Waals surface area contributed by atoms with Crippen LogP contribution in [-0.2, 0) is 4.79 Å². The van der Waals surface area contributed by atoms with E-state index in [1.54, 1.807) is 0 Å². The number of likely N-dealkylation sites (N-methyl/N-ethyl adjacent to an activating group) is 1. The standard InChI is InChI=1S/C11H17N3O/c1-13(9-2-3-9)11(15)8-14(7-6-12)10-4-5-10/h9-10H,2-5,7-8H2,1H3. The lowest BCUT2D eigenvalue weighted by Crippen LogP contribution is -2.40. The van der Waals surface area contributed by atoms with Crippen molar-refractivity contribution in [1.82, 2.24) is 9.80 Å². The summed E-state index contributed by atoms with van der Waals surface area (Å²) in [7, 11) is 1.87. The Bertz CT molecular complexity index is 289. The number of nitriles is 1. The molecule has 0 atom stereocenters. The largest absolute Gasteiger partial charge is 0.342 e. The summed E-state index contributed by atoms with van der Waals surface area (Å²) in [5, 5.41) is 8.67. The minimum Gasteiger partial charge on any atom is -0.342 e. The average Bonchev–Trinajstić information content (AvgIpc) is 3.05. The van der Waals surface area contributed by atoms with E-state index in [4.69, 9.17) is 5.26 Å². The molecule has 4 heteroatoms. The van der Waals surface area contributed by atoms with Crippen molar-refractivity contribution in [3.8, 4) is 6.07 Å². The highest BCUT2D eigenvalue weighted by molar-refractivity contribution is 5.78. The second-order valence-corrected chi connectivity index (χ2v) is 4.53. The lowest BCUT2D eigenvalue weighted by atomic mass is 10.4. The summed E-state index contributed by atoms with van der Waals surface area (Å²) in [5.74, 6) is 0.166. The zero-order valence-electron chi connectivity index (χ0n) is 9.15. The van der Waals surface area contributed by atoms with Crippen LogP contribution in [0.25, 0.3) is 0 Å². The van der Waals surface area contributed by atoms with Gasteiger partial charge in [0, 0.05) is 19.1 Å². The lowest BCUT2D eigenvalue weighted by Gasteiger charge is -2.22. The summed E-state index contributed by atoms with van der Waals surface area (Å²) in [6.07, 6.45) is 4.57. The number of amides is 1. The first-order valence-corrected chi connectivity index (χ1v) is 5.59. The predicted octanol–water partition coefficient (Wildman–Crippen LogP) is 0.595. The average molecular weight is 207 g/mol. The first-order chi connectivity index (χ1) is 7.22. The molecule has 0 radical (unpaired) electrons. The van der Waals surface area contributed by atoms with Crippen LogP contribution >= 0.6 is 0 Å². The summed E-state index contributed by atoms with van der Waals surface area (Å²) in [6.45, 7) is 0.806. The van der Waals surface area contributed by atoms with E-state index in [2.05, 4.69) is 6.07 Å². The van der Waals surface area contributed by atoms with Crippen molar-refractivity contribution in [3.05, 3.63) is 0 Å². The molecule has 0 spiro atoms. The minimum absolute atomic E-state index is 0.166. The van der Waals surface area contributed by atoms with Crippen molar-refractivity contribution < 1.29 is 4.79 Å². The van der Waals surface area contributed by atoms with Crippen LogP contribution in [0.5, 0.6) is 0 Å². The van der Waals surface area contributed by atoms with Crippen LogP contribution < -0.4 is 0 Å². The molecule has 82 valence electrons. The van der Waals surface area contributed by atoms with Crippen LogP contribution in [0.15, 0.2) is 0 Å². The van der Waals surface area contributed by atoms with Gasteiger partial charge < -0.3 is 4.90 Å². The lowest BCUT2D eigenvalue weighted by molar-refractivity contribution is -0.131. The molecule has 0 bridgehead atoms. The zero-order valence-corrected chi connectivity index (χ0v) is 9.15. The number of nitrogens with zero attached hydrogens (tertiary/aromatic N) is 3. The minimum atomic E-state index is 0.166. The third kappa shape index (κ3) is 2.69. The highest BCUT2D eigenvalue weighted by Crippen LogP contribution is 2.28.